The summed E-state index contributed by atoms with van der Waals surface area (Å²) in [5.41, 5.74) is -0.0773. The molecule has 1 atom stereocenters. The second-order valence-electron chi connectivity index (χ2n) is 5.22. The fourth-order valence-electron chi connectivity index (χ4n) is 1.99. The zero-order valence-corrected chi connectivity index (χ0v) is 12.3. The number of benzene rings is 1. The first-order valence-electron chi connectivity index (χ1n) is 6.42. The summed E-state index contributed by atoms with van der Waals surface area (Å²) in [6, 6.07) is 7.23. The summed E-state index contributed by atoms with van der Waals surface area (Å²) in [6.45, 7) is 5.95. The molecule has 0 aromatic heterocycles. The Kier molecular flexibility index (Phi) is 5.36. The Bertz CT molecular complexity index is 414. The van der Waals surface area contributed by atoms with Gasteiger partial charge in [-0.2, -0.15) is 0 Å². The lowest BCUT2D eigenvalue weighted by Gasteiger charge is -2.28. The van der Waals surface area contributed by atoms with Gasteiger partial charge in [0.1, 0.15) is 11.4 Å². The van der Waals surface area contributed by atoms with Gasteiger partial charge in [-0.3, -0.25) is 4.79 Å². The van der Waals surface area contributed by atoms with Gasteiger partial charge in [0.2, 0.25) is 0 Å². The highest BCUT2D eigenvalue weighted by Crippen LogP contribution is 2.23. The molecule has 4 heteroatoms. The molecule has 0 unspecified atom stereocenters. The van der Waals surface area contributed by atoms with Gasteiger partial charge in [0.15, 0.2) is 0 Å². The molecule has 0 bridgehead atoms. The lowest BCUT2D eigenvalue weighted by Crippen LogP contribution is -2.43. The predicted molar refractivity (Wildman–Crippen MR) is 76.5 cm³/mol. The fourth-order valence-corrected chi connectivity index (χ4v) is 1.99. The van der Waals surface area contributed by atoms with Gasteiger partial charge in [0.05, 0.1) is 7.11 Å². The first-order chi connectivity index (χ1) is 8.91. The van der Waals surface area contributed by atoms with Gasteiger partial charge in [-0.25, -0.2) is 0 Å². The van der Waals surface area contributed by atoms with Crippen LogP contribution in [0.2, 0.25) is 0 Å². The summed E-state index contributed by atoms with van der Waals surface area (Å²) in [5, 5.41) is 2.87. The van der Waals surface area contributed by atoms with E-state index in [1.807, 2.05) is 31.2 Å². The molecule has 0 spiro atoms. The zero-order chi connectivity index (χ0) is 14.5. The standard InChI is InChI=1S/C15H23NO3/c1-11(2)10-15(3,19-5)14(17)16-12-6-8-13(18-4)9-7-12/h6-9,11H,10H2,1-5H3,(H,16,17)/t15-/m1/s1. The number of carbonyl (C=O) groups is 1. The van der Waals surface area contributed by atoms with E-state index in [1.165, 1.54) is 0 Å². The topological polar surface area (TPSA) is 47.6 Å². The highest BCUT2D eigenvalue weighted by molar-refractivity contribution is 5.97. The monoisotopic (exact) mass is 265 g/mol. The van der Waals surface area contributed by atoms with E-state index in [0.29, 0.717) is 12.3 Å². The zero-order valence-electron chi connectivity index (χ0n) is 12.3. The van der Waals surface area contributed by atoms with Crippen molar-refractivity contribution in [3.63, 3.8) is 0 Å². The molecule has 1 aromatic carbocycles. The van der Waals surface area contributed by atoms with Crippen LogP contribution in [0.3, 0.4) is 0 Å². The third kappa shape index (κ3) is 4.24. The minimum Gasteiger partial charge on any atom is -0.497 e. The van der Waals surface area contributed by atoms with Gasteiger partial charge in [0, 0.05) is 12.8 Å². The van der Waals surface area contributed by atoms with Crippen LogP contribution in [0, 0.1) is 5.92 Å². The average Bonchev–Trinajstić information content (AvgIpc) is 2.38. The maximum atomic E-state index is 12.3. The van der Waals surface area contributed by atoms with Crippen LogP contribution in [-0.2, 0) is 9.53 Å². The van der Waals surface area contributed by atoms with E-state index in [0.717, 1.165) is 11.4 Å². The highest BCUT2D eigenvalue weighted by atomic mass is 16.5. The molecule has 1 aromatic rings. The lowest BCUT2D eigenvalue weighted by molar-refractivity contribution is -0.137. The Morgan fingerprint density at radius 2 is 1.84 bits per heavy atom. The number of carbonyl (C=O) groups excluding carboxylic acids is 1. The number of hydrogen-bond donors (Lipinski definition) is 1. The van der Waals surface area contributed by atoms with Gasteiger partial charge in [-0.05, 0) is 43.5 Å². The lowest BCUT2D eigenvalue weighted by atomic mass is 9.93. The SMILES string of the molecule is COc1ccc(NC(=O)[C@@](C)(CC(C)C)OC)cc1. The van der Waals surface area contributed by atoms with Crippen LogP contribution < -0.4 is 10.1 Å². The molecule has 0 fully saturated rings. The van der Waals surface area contributed by atoms with E-state index in [-0.39, 0.29) is 5.91 Å². The summed E-state index contributed by atoms with van der Waals surface area (Å²) in [5.74, 6) is 1.01. The largest absolute Gasteiger partial charge is 0.497 e. The fraction of sp³-hybridized carbons (Fsp3) is 0.533. The summed E-state index contributed by atoms with van der Waals surface area (Å²) >= 11 is 0. The van der Waals surface area contributed by atoms with Gasteiger partial charge in [-0.1, -0.05) is 13.8 Å². The van der Waals surface area contributed by atoms with Crippen molar-refractivity contribution in [3.8, 4) is 5.75 Å². The molecular formula is C15H23NO3. The van der Waals surface area contributed by atoms with Crippen LogP contribution >= 0.6 is 0 Å². The summed E-state index contributed by atoms with van der Waals surface area (Å²) in [4.78, 5) is 12.3. The van der Waals surface area contributed by atoms with Crippen LogP contribution in [0.4, 0.5) is 5.69 Å². The van der Waals surface area contributed by atoms with E-state index >= 15 is 0 Å². The average molecular weight is 265 g/mol. The normalized spacial score (nSPS) is 14.0. The molecule has 106 valence electrons. The van der Waals surface area contributed by atoms with Crippen molar-refractivity contribution < 1.29 is 14.3 Å². The molecule has 0 saturated heterocycles. The maximum Gasteiger partial charge on any atom is 0.256 e. The van der Waals surface area contributed by atoms with Crippen LogP contribution in [-0.4, -0.2) is 25.7 Å². The van der Waals surface area contributed by atoms with Gasteiger partial charge in [-0.15, -0.1) is 0 Å². The number of ether oxygens (including phenoxy) is 2. The number of methoxy groups -OCH3 is 2. The number of amides is 1. The number of rotatable bonds is 6. The molecule has 0 aliphatic rings. The van der Waals surface area contributed by atoms with Crippen molar-refractivity contribution in [2.75, 3.05) is 19.5 Å². The number of hydrogen-bond acceptors (Lipinski definition) is 3. The van der Waals surface area contributed by atoms with Crippen molar-refractivity contribution in [2.45, 2.75) is 32.8 Å². The Labute approximate surface area is 115 Å². The summed E-state index contributed by atoms with van der Waals surface area (Å²) in [7, 11) is 3.17. The molecule has 0 aliphatic carbocycles. The molecule has 0 aliphatic heterocycles. The molecule has 4 nitrogen and oxygen atoms in total. The molecule has 19 heavy (non-hydrogen) atoms. The van der Waals surface area contributed by atoms with E-state index in [1.54, 1.807) is 14.2 Å². The van der Waals surface area contributed by atoms with Crippen molar-refractivity contribution in [1.29, 1.82) is 0 Å². The Morgan fingerprint density at radius 3 is 2.26 bits per heavy atom. The molecule has 0 saturated carbocycles. The number of nitrogens with one attached hydrogen (secondary N) is 1. The van der Waals surface area contributed by atoms with Crippen molar-refractivity contribution in [2.24, 2.45) is 5.92 Å². The van der Waals surface area contributed by atoms with Gasteiger partial charge in [0.25, 0.3) is 5.91 Å². The molecule has 0 heterocycles. The Morgan fingerprint density at radius 1 is 1.26 bits per heavy atom. The smallest absolute Gasteiger partial charge is 0.256 e. The maximum absolute atomic E-state index is 12.3. The van der Waals surface area contributed by atoms with E-state index < -0.39 is 5.60 Å². The minimum atomic E-state index is -0.811. The Balaban J connectivity index is 2.75. The van der Waals surface area contributed by atoms with Crippen LogP contribution in [0.25, 0.3) is 0 Å². The molecule has 1 amide bonds. The second kappa shape index (κ2) is 6.57. The molecular weight excluding hydrogens is 242 g/mol. The minimum absolute atomic E-state index is 0.131. The van der Waals surface area contributed by atoms with Crippen LogP contribution in [0.1, 0.15) is 27.2 Å². The highest BCUT2D eigenvalue weighted by Gasteiger charge is 2.33. The molecule has 1 N–H and O–H groups in total. The van der Waals surface area contributed by atoms with E-state index in [2.05, 4.69) is 19.2 Å². The summed E-state index contributed by atoms with van der Waals surface area (Å²) in [6.07, 6.45) is 0.672. The van der Waals surface area contributed by atoms with Gasteiger partial charge < -0.3 is 14.8 Å². The predicted octanol–water partition coefficient (Wildman–Crippen LogP) is 3.08. The third-order valence-corrected chi connectivity index (χ3v) is 3.08. The molecule has 1 rings (SSSR count). The Hall–Kier alpha value is -1.55. The first kappa shape index (κ1) is 15.5. The van der Waals surface area contributed by atoms with Crippen molar-refractivity contribution >= 4 is 11.6 Å². The van der Waals surface area contributed by atoms with Crippen molar-refractivity contribution in [1.82, 2.24) is 0 Å². The van der Waals surface area contributed by atoms with E-state index in [4.69, 9.17) is 9.47 Å². The third-order valence-electron chi connectivity index (χ3n) is 3.08. The molecule has 0 radical (unpaired) electrons. The van der Waals surface area contributed by atoms with Gasteiger partial charge >= 0.3 is 0 Å². The quantitative estimate of drug-likeness (QED) is 0.859. The van der Waals surface area contributed by atoms with Crippen molar-refractivity contribution in [3.05, 3.63) is 24.3 Å². The van der Waals surface area contributed by atoms with Crippen LogP contribution in [0.5, 0.6) is 5.75 Å². The van der Waals surface area contributed by atoms with Crippen LogP contribution in [0.15, 0.2) is 24.3 Å². The number of anilines is 1. The van der Waals surface area contributed by atoms with E-state index in [9.17, 15) is 4.79 Å². The summed E-state index contributed by atoms with van der Waals surface area (Å²) < 4.78 is 10.5. The second-order valence-corrected chi connectivity index (χ2v) is 5.22. The first-order valence-corrected chi connectivity index (χ1v) is 6.42.